The van der Waals surface area contributed by atoms with Gasteiger partial charge in [0.15, 0.2) is 0 Å². The highest BCUT2D eigenvalue weighted by Gasteiger charge is 2.15. The molecule has 0 spiro atoms. The van der Waals surface area contributed by atoms with Crippen LogP contribution in [0.15, 0.2) is 59.2 Å². The molecule has 1 amide bonds. The van der Waals surface area contributed by atoms with E-state index < -0.39 is 17.5 Å². The van der Waals surface area contributed by atoms with E-state index in [-0.39, 0.29) is 11.4 Å². The number of carbonyl (C=O) groups is 1. The Morgan fingerprint density at radius 1 is 1.14 bits per heavy atom. The first-order valence-electron chi connectivity index (χ1n) is 8.68. The maximum absolute atomic E-state index is 13.7. The van der Waals surface area contributed by atoms with Gasteiger partial charge in [0, 0.05) is 17.0 Å². The van der Waals surface area contributed by atoms with Gasteiger partial charge in [0.05, 0.1) is 16.8 Å². The van der Waals surface area contributed by atoms with Crippen molar-refractivity contribution in [2.75, 3.05) is 11.1 Å². The van der Waals surface area contributed by atoms with Gasteiger partial charge in [-0.25, -0.2) is 18.7 Å². The number of hydrogen-bond acceptors (Lipinski definition) is 5. The number of rotatable bonds is 5. The highest BCUT2D eigenvalue weighted by atomic mass is 32.2. The van der Waals surface area contributed by atoms with E-state index in [9.17, 15) is 13.6 Å². The Labute approximate surface area is 174 Å². The van der Waals surface area contributed by atoms with Crippen LogP contribution in [0, 0.1) is 18.6 Å². The Balaban J connectivity index is 1.55. The summed E-state index contributed by atoms with van der Waals surface area (Å²) in [5.74, 6) is -1.88. The number of nitrogens with one attached hydrogen (secondary N) is 1. The third-order valence-electron chi connectivity index (χ3n) is 4.24. The van der Waals surface area contributed by atoms with Crippen molar-refractivity contribution < 1.29 is 13.6 Å². The van der Waals surface area contributed by atoms with Gasteiger partial charge < -0.3 is 5.32 Å². The fourth-order valence-electron chi connectivity index (χ4n) is 2.81. The molecule has 4 rings (SSSR count). The summed E-state index contributed by atoms with van der Waals surface area (Å²) in [7, 11) is 0. The van der Waals surface area contributed by atoms with Gasteiger partial charge in [0.25, 0.3) is 0 Å². The lowest BCUT2D eigenvalue weighted by Gasteiger charge is -2.08. The average molecular weight is 428 g/mol. The van der Waals surface area contributed by atoms with Crippen molar-refractivity contribution in [2.24, 2.45) is 0 Å². The number of hydrogen-bond donors (Lipinski definition) is 1. The molecule has 0 aliphatic carbocycles. The molecule has 0 bridgehead atoms. The van der Waals surface area contributed by atoms with Crippen LogP contribution in [-0.2, 0) is 4.79 Å². The van der Waals surface area contributed by atoms with Crippen molar-refractivity contribution in [2.45, 2.75) is 11.9 Å². The zero-order valence-corrected chi connectivity index (χ0v) is 16.9. The summed E-state index contributed by atoms with van der Waals surface area (Å²) < 4.78 is 26.7. The monoisotopic (exact) mass is 427 g/mol. The fraction of sp³-hybridized carbons (Fsp3) is 0.0952. The number of amides is 1. The van der Waals surface area contributed by atoms with Crippen molar-refractivity contribution in [1.82, 2.24) is 9.97 Å². The number of anilines is 1. The van der Waals surface area contributed by atoms with Gasteiger partial charge >= 0.3 is 0 Å². The van der Waals surface area contributed by atoms with E-state index in [0.717, 1.165) is 33.5 Å². The summed E-state index contributed by atoms with van der Waals surface area (Å²) in [6.45, 7) is 2.03. The standard InChI is InChI=1S/C21H15F2N3OS2/c1-12-2-4-13(5-3-12)15-9-28-20-19(15)21(25-11-24-20)29-10-18(27)26-17-7-6-14(22)8-16(17)23/h2-9,11H,10H2,1H3,(H,26,27). The second-order valence-electron chi connectivity index (χ2n) is 6.34. The SMILES string of the molecule is Cc1ccc(-c2csc3ncnc(SCC(=O)Nc4ccc(F)cc4F)c23)cc1. The molecule has 0 unspecified atom stereocenters. The van der Waals surface area contributed by atoms with Gasteiger partial charge in [-0.05, 0) is 24.6 Å². The number of halogens is 2. The first-order chi connectivity index (χ1) is 14.0. The van der Waals surface area contributed by atoms with E-state index >= 15 is 0 Å². The molecule has 4 aromatic rings. The predicted molar refractivity (Wildman–Crippen MR) is 113 cm³/mol. The molecule has 0 aliphatic heterocycles. The molecule has 0 radical (unpaired) electrons. The maximum atomic E-state index is 13.7. The van der Waals surface area contributed by atoms with Gasteiger partial charge in [0.1, 0.15) is 27.8 Å². The number of thiophene rings is 1. The average Bonchev–Trinajstić information content (AvgIpc) is 3.14. The number of aromatic nitrogens is 2. The summed E-state index contributed by atoms with van der Waals surface area (Å²) in [6, 6.07) is 11.2. The Morgan fingerprint density at radius 3 is 2.69 bits per heavy atom. The van der Waals surface area contributed by atoms with E-state index in [1.807, 2.05) is 36.6 Å². The molecular formula is C21H15F2N3OS2. The normalized spacial score (nSPS) is 11.0. The van der Waals surface area contributed by atoms with E-state index in [0.29, 0.717) is 5.03 Å². The first-order valence-corrected chi connectivity index (χ1v) is 10.5. The van der Waals surface area contributed by atoms with Crippen LogP contribution in [0.1, 0.15) is 5.56 Å². The lowest BCUT2D eigenvalue weighted by atomic mass is 10.1. The molecule has 1 N–H and O–H groups in total. The zero-order chi connectivity index (χ0) is 20.4. The smallest absolute Gasteiger partial charge is 0.234 e. The molecule has 2 aromatic heterocycles. The quantitative estimate of drug-likeness (QED) is 0.329. The number of thioether (sulfide) groups is 1. The van der Waals surface area contributed by atoms with E-state index in [1.54, 1.807) is 0 Å². The molecule has 2 aromatic carbocycles. The van der Waals surface area contributed by atoms with Crippen LogP contribution in [0.5, 0.6) is 0 Å². The minimum atomic E-state index is -0.813. The van der Waals surface area contributed by atoms with Crippen LogP contribution in [0.3, 0.4) is 0 Å². The molecular weight excluding hydrogens is 412 g/mol. The van der Waals surface area contributed by atoms with Gasteiger partial charge in [0.2, 0.25) is 5.91 Å². The van der Waals surface area contributed by atoms with Crippen LogP contribution in [0.4, 0.5) is 14.5 Å². The highest BCUT2D eigenvalue weighted by Crippen LogP contribution is 2.37. The molecule has 29 heavy (non-hydrogen) atoms. The van der Waals surface area contributed by atoms with Crippen LogP contribution in [-0.4, -0.2) is 21.6 Å². The van der Waals surface area contributed by atoms with Crippen molar-refractivity contribution in [3.63, 3.8) is 0 Å². The van der Waals surface area contributed by atoms with Gasteiger partial charge in [-0.2, -0.15) is 0 Å². The number of benzene rings is 2. The van der Waals surface area contributed by atoms with Crippen LogP contribution in [0.25, 0.3) is 21.3 Å². The number of fused-ring (bicyclic) bond motifs is 1. The van der Waals surface area contributed by atoms with Crippen molar-refractivity contribution in [1.29, 1.82) is 0 Å². The Kier molecular flexibility index (Phi) is 5.55. The van der Waals surface area contributed by atoms with Crippen LogP contribution < -0.4 is 5.32 Å². The molecule has 0 fully saturated rings. The lowest BCUT2D eigenvalue weighted by Crippen LogP contribution is -2.15. The number of aryl methyl sites for hydroxylation is 1. The second-order valence-corrected chi connectivity index (χ2v) is 8.16. The largest absolute Gasteiger partial charge is 0.323 e. The zero-order valence-electron chi connectivity index (χ0n) is 15.3. The van der Waals surface area contributed by atoms with Gasteiger partial charge in [-0.1, -0.05) is 41.6 Å². The predicted octanol–water partition coefficient (Wildman–Crippen LogP) is 5.68. The summed E-state index contributed by atoms with van der Waals surface area (Å²) in [6.07, 6.45) is 1.47. The minimum Gasteiger partial charge on any atom is -0.323 e. The first kappa shape index (κ1) is 19.5. The molecule has 4 nitrogen and oxygen atoms in total. The van der Waals surface area contributed by atoms with E-state index in [1.165, 1.54) is 41.1 Å². The lowest BCUT2D eigenvalue weighted by molar-refractivity contribution is -0.113. The van der Waals surface area contributed by atoms with E-state index in [2.05, 4.69) is 15.3 Å². The Hall–Kier alpha value is -2.84. The summed E-state index contributed by atoms with van der Waals surface area (Å²) >= 11 is 2.77. The second kappa shape index (κ2) is 8.26. The number of nitrogens with zero attached hydrogens (tertiary/aromatic N) is 2. The third kappa shape index (κ3) is 4.28. The molecule has 0 aliphatic rings. The van der Waals surface area contributed by atoms with Gasteiger partial charge in [-0.3, -0.25) is 4.79 Å². The molecule has 146 valence electrons. The molecule has 0 saturated carbocycles. The third-order valence-corrected chi connectivity index (χ3v) is 6.12. The van der Waals surface area contributed by atoms with Crippen molar-refractivity contribution in [3.8, 4) is 11.1 Å². The minimum absolute atomic E-state index is 0.0338. The summed E-state index contributed by atoms with van der Waals surface area (Å²) in [5, 5.41) is 6.07. The van der Waals surface area contributed by atoms with E-state index in [4.69, 9.17) is 0 Å². The van der Waals surface area contributed by atoms with Crippen LogP contribution in [0.2, 0.25) is 0 Å². The Morgan fingerprint density at radius 2 is 1.93 bits per heavy atom. The molecule has 8 heteroatoms. The van der Waals surface area contributed by atoms with Crippen molar-refractivity contribution >= 4 is 44.9 Å². The van der Waals surface area contributed by atoms with Crippen molar-refractivity contribution in [3.05, 3.63) is 71.4 Å². The van der Waals surface area contributed by atoms with Gasteiger partial charge in [-0.15, -0.1) is 11.3 Å². The molecule has 0 saturated heterocycles. The Bertz CT molecular complexity index is 1190. The summed E-state index contributed by atoms with van der Waals surface area (Å²) in [5.41, 5.74) is 3.18. The number of carbonyl (C=O) groups excluding carboxylic acids is 1. The molecule has 2 heterocycles. The highest BCUT2D eigenvalue weighted by molar-refractivity contribution is 8.00. The maximum Gasteiger partial charge on any atom is 0.234 e. The fourth-order valence-corrected chi connectivity index (χ4v) is 4.61. The molecule has 0 atom stereocenters. The van der Waals surface area contributed by atoms with Crippen LogP contribution >= 0.6 is 23.1 Å². The topological polar surface area (TPSA) is 54.9 Å². The summed E-state index contributed by atoms with van der Waals surface area (Å²) in [4.78, 5) is 21.8.